The van der Waals surface area contributed by atoms with Crippen molar-refractivity contribution in [2.24, 2.45) is 0 Å². The Balaban J connectivity index is 1.90. The van der Waals surface area contributed by atoms with Crippen LogP contribution in [0.3, 0.4) is 0 Å². The van der Waals surface area contributed by atoms with E-state index in [1.165, 1.54) is 6.07 Å². The number of thioether (sulfide) groups is 1. The molecular weight excluding hydrogens is 391 g/mol. The van der Waals surface area contributed by atoms with Crippen LogP contribution in [0.25, 0.3) is 17.3 Å². The molecule has 3 rings (SSSR count). The van der Waals surface area contributed by atoms with Gasteiger partial charge in [0.25, 0.3) is 0 Å². The summed E-state index contributed by atoms with van der Waals surface area (Å²) in [4.78, 5) is 8.42. The van der Waals surface area contributed by atoms with Gasteiger partial charge in [0, 0.05) is 35.5 Å². The van der Waals surface area contributed by atoms with E-state index in [0.29, 0.717) is 30.9 Å². The summed E-state index contributed by atoms with van der Waals surface area (Å²) in [5.74, 6) is 1.59. The van der Waals surface area contributed by atoms with E-state index in [9.17, 15) is 9.50 Å². The number of rotatable bonds is 7. The number of halogens is 1. The SMILES string of the molecule is COC1=Cc2ncc(-c3cc(F)nc(NCCC(C)O)c3)n2CC1SC(C)(C)C. The molecule has 0 saturated carbocycles. The number of aromatic nitrogens is 3. The van der Waals surface area contributed by atoms with E-state index in [-0.39, 0.29) is 10.00 Å². The molecule has 0 spiro atoms. The minimum atomic E-state index is -0.554. The quantitative estimate of drug-likeness (QED) is 0.655. The van der Waals surface area contributed by atoms with Crippen molar-refractivity contribution in [3.05, 3.63) is 35.9 Å². The molecule has 1 aliphatic heterocycles. The van der Waals surface area contributed by atoms with Gasteiger partial charge < -0.3 is 19.7 Å². The molecule has 0 fully saturated rings. The van der Waals surface area contributed by atoms with Crippen molar-refractivity contribution < 1.29 is 14.2 Å². The molecule has 2 aromatic heterocycles. The number of nitrogens with one attached hydrogen (secondary N) is 1. The van der Waals surface area contributed by atoms with Crippen LogP contribution in [0.2, 0.25) is 0 Å². The summed E-state index contributed by atoms with van der Waals surface area (Å²) in [6.07, 6.45) is 3.86. The van der Waals surface area contributed by atoms with Gasteiger partial charge in [0.05, 0.1) is 30.4 Å². The first-order valence-corrected chi connectivity index (χ1v) is 10.6. The Morgan fingerprint density at radius 3 is 2.83 bits per heavy atom. The van der Waals surface area contributed by atoms with Crippen molar-refractivity contribution in [3.8, 4) is 11.3 Å². The van der Waals surface area contributed by atoms with Crippen LogP contribution in [0.1, 0.15) is 39.9 Å². The number of hydrogen-bond acceptors (Lipinski definition) is 6. The minimum Gasteiger partial charge on any atom is -0.500 e. The van der Waals surface area contributed by atoms with Gasteiger partial charge >= 0.3 is 0 Å². The van der Waals surface area contributed by atoms with Gasteiger partial charge in [0.2, 0.25) is 5.95 Å². The van der Waals surface area contributed by atoms with Gasteiger partial charge in [0.1, 0.15) is 17.4 Å². The Morgan fingerprint density at radius 1 is 1.41 bits per heavy atom. The molecule has 3 heterocycles. The third-order valence-electron chi connectivity index (χ3n) is 4.51. The number of nitrogens with zero attached hydrogens (tertiary/aromatic N) is 3. The highest BCUT2D eigenvalue weighted by Crippen LogP contribution is 2.38. The van der Waals surface area contributed by atoms with Gasteiger partial charge in [-0.2, -0.15) is 4.39 Å². The molecular formula is C21H29FN4O2S. The molecule has 0 radical (unpaired) electrons. The molecule has 0 amide bonds. The molecule has 1 aliphatic rings. The second-order valence-electron chi connectivity index (χ2n) is 8.21. The van der Waals surface area contributed by atoms with E-state index in [4.69, 9.17) is 4.74 Å². The summed E-state index contributed by atoms with van der Waals surface area (Å²) >= 11 is 1.84. The minimum absolute atomic E-state index is 0.0737. The zero-order chi connectivity index (χ0) is 21.2. The van der Waals surface area contributed by atoms with Gasteiger partial charge in [-0.15, -0.1) is 11.8 Å². The highest BCUT2D eigenvalue weighted by Gasteiger charge is 2.29. The predicted octanol–water partition coefficient (Wildman–Crippen LogP) is 4.17. The number of aliphatic hydroxyl groups is 1. The number of anilines is 1. The molecule has 0 bridgehead atoms. The average molecular weight is 421 g/mol. The molecule has 2 atom stereocenters. The van der Waals surface area contributed by atoms with Crippen LogP contribution in [0.4, 0.5) is 10.2 Å². The van der Waals surface area contributed by atoms with Crippen LogP contribution in [-0.4, -0.2) is 49.4 Å². The lowest BCUT2D eigenvalue weighted by Gasteiger charge is -2.30. The Hall–Kier alpha value is -2.06. The van der Waals surface area contributed by atoms with Gasteiger partial charge in [0.15, 0.2) is 0 Å². The van der Waals surface area contributed by atoms with Crippen LogP contribution in [0, 0.1) is 5.95 Å². The molecule has 2 N–H and O–H groups in total. The van der Waals surface area contributed by atoms with Crippen molar-refractivity contribution in [3.63, 3.8) is 0 Å². The average Bonchev–Trinajstić information content (AvgIpc) is 3.01. The van der Waals surface area contributed by atoms with Gasteiger partial charge in [-0.05, 0) is 19.4 Å². The summed E-state index contributed by atoms with van der Waals surface area (Å²) < 4.78 is 22.0. The Labute approximate surface area is 175 Å². The lowest BCUT2D eigenvalue weighted by molar-refractivity contribution is 0.188. The van der Waals surface area contributed by atoms with E-state index in [0.717, 1.165) is 17.3 Å². The standard InChI is InChI=1S/C21H29FN4O2S/c1-13(27)6-7-23-19-9-14(8-18(22)25-19)15-11-24-20-10-16(28-5)17(12-26(15)20)29-21(2,3)4/h8-11,13,17,27H,6-7,12H2,1-5H3,(H,23,25). The fourth-order valence-corrected chi connectivity index (χ4v) is 4.62. The van der Waals surface area contributed by atoms with Crippen molar-refractivity contribution in [1.29, 1.82) is 0 Å². The molecule has 158 valence electrons. The zero-order valence-corrected chi connectivity index (χ0v) is 18.4. The van der Waals surface area contributed by atoms with E-state index in [1.807, 2.05) is 23.9 Å². The first-order chi connectivity index (χ1) is 13.7. The summed E-state index contributed by atoms with van der Waals surface area (Å²) in [6, 6.07) is 3.24. The van der Waals surface area contributed by atoms with Crippen molar-refractivity contribution >= 4 is 23.7 Å². The smallest absolute Gasteiger partial charge is 0.215 e. The number of imidazole rings is 1. The second-order valence-corrected chi connectivity index (χ2v) is 10.2. The number of pyridine rings is 1. The number of hydrogen-bond donors (Lipinski definition) is 2. The van der Waals surface area contributed by atoms with Crippen LogP contribution >= 0.6 is 11.8 Å². The number of ether oxygens (including phenoxy) is 1. The van der Waals surface area contributed by atoms with Crippen molar-refractivity contribution in [1.82, 2.24) is 14.5 Å². The van der Waals surface area contributed by atoms with E-state index >= 15 is 0 Å². The Kier molecular flexibility index (Phi) is 6.53. The molecule has 0 saturated heterocycles. The molecule has 0 aromatic carbocycles. The fraction of sp³-hybridized carbons (Fsp3) is 0.524. The van der Waals surface area contributed by atoms with E-state index in [1.54, 1.807) is 20.2 Å². The molecule has 0 aliphatic carbocycles. The first kappa shape index (κ1) is 21.6. The van der Waals surface area contributed by atoms with Crippen LogP contribution in [0.5, 0.6) is 0 Å². The van der Waals surface area contributed by atoms with Crippen molar-refractivity contribution in [2.45, 2.75) is 56.8 Å². The lowest BCUT2D eigenvalue weighted by atomic mass is 10.1. The highest BCUT2D eigenvalue weighted by molar-refractivity contribution is 8.01. The van der Waals surface area contributed by atoms with Gasteiger partial charge in [-0.25, -0.2) is 9.97 Å². The monoisotopic (exact) mass is 420 g/mol. The van der Waals surface area contributed by atoms with Crippen LogP contribution in [0.15, 0.2) is 24.1 Å². The molecule has 6 nitrogen and oxygen atoms in total. The first-order valence-electron chi connectivity index (χ1n) is 9.75. The molecule has 2 aromatic rings. The maximum absolute atomic E-state index is 14.2. The second kappa shape index (κ2) is 8.75. The largest absolute Gasteiger partial charge is 0.500 e. The molecule has 29 heavy (non-hydrogen) atoms. The highest BCUT2D eigenvalue weighted by atomic mass is 32.2. The van der Waals surface area contributed by atoms with Crippen LogP contribution in [-0.2, 0) is 11.3 Å². The Morgan fingerprint density at radius 2 is 2.17 bits per heavy atom. The molecule has 8 heteroatoms. The summed E-state index contributed by atoms with van der Waals surface area (Å²) in [5, 5.41) is 12.6. The maximum atomic E-state index is 14.2. The number of aliphatic hydroxyl groups excluding tert-OH is 1. The lowest BCUT2D eigenvalue weighted by Crippen LogP contribution is -2.27. The topological polar surface area (TPSA) is 72.2 Å². The van der Waals surface area contributed by atoms with Crippen molar-refractivity contribution in [2.75, 3.05) is 19.0 Å². The fourth-order valence-electron chi connectivity index (χ4n) is 3.26. The number of methoxy groups -OCH3 is 1. The summed E-state index contributed by atoms with van der Waals surface area (Å²) in [5.41, 5.74) is 1.55. The summed E-state index contributed by atoms with van der Waals surface area (Å²) in [6.45, 7) is 9.47. The Bertz CT molecular complexity index is 889. The molecule has 2 unspecified atom stereocenters. The predicted molar refractivity (Wildman–Crippen MR) is 116 cm³/mol. The maximum Gasteiger partial charge on any atom is 0.215 e. The number of fused-ring (bicyclic) bond motifs is 1. The third-order valence-corrected chi connectivity index (χ3v) is 5.89. The zero-order valence-electron chi connectivity index (χ0n) is 17.6. The van der Waals surface area contributed by atoms with E-state index < -0.39 is 12.1 Å². The normalized spacial score (nSPS) is 17.5. The summed E-state index contributed by atoms with van der Waals surface area (Å²) in [7, 11) is 1.69. The van der Waals surface area contributed by atoms with Gasteiger partial charge in [-0.1, -0.05) is 20.8 Å². The van der Waals surface area contributed by atoms with Crippen LogP contribution < -0.4 is 5.32 Å². The van der Waals surface area contributed by atoms with E-state index in [2.05, 4.69) is 40.6 Å². The third kappa shape index (κ3) is 5.51. The van der Waals surface area contributed by atoms with Gasteiger partial charge in [-0.3, -0.25) is 0 Å².